The zero-order valence-electron chi connectivity index (χ0n) is 17.5. The molecule has 7 heteroatoms. The van der Waals surface area contributed by atoms with Gasteiger partial charge in [0.1, 0.15) is 12.4 Å². The van der Waals surface area contributed by atoms with Gasteiger partial charge in [-0.3, -0.25) is 4.79 Å². The Hall–Kier alpha value is -4.31. The van der Waals surface area contributed by atoms with Crippen molar-refractivity contribution < 1.29 is 14.3 Å². The number of nitriles is 1. The minimum Gasteiger partial charge on any atom is -0.489 e. The number of benzene rings is 3. The molecule has 0 atom stereocenters. The SMILES string of the molecule is N#CCc1ccc(OCc2ccccc2NC(=O)CCNC(=O)Nc2ccccc2)cc1. The van der Waals surface area contributed by atoms with E-state index in [-0.39, 0.29) is 31.5 Å². The minimum atomic E-state index is -0.362. The molecule has 0 heterocycles. The van der Waals surface area contributed by atoms with E-state index in [1.165, 1.54) is 0 Å². The lowest BCUT2D eigenvalue weighted by Crippen LogP contribution is -2.31. The lowest BCUT2D eigenvalue weighted by Gasteiger charge is -2.13. The van der Waals surface area contributed by atoms with Gasteiger partial charge in [-0.15, -0.1) is 0 Å². The van der Waals surface area contributed by atoms with Gasteiger partial charge in [-0.05, 0) is 35.9 Å². The number of para-hydroxylation sites is 2. The first kappa shape index (κ1) is 22.4. The first-order valence-electron chi connectivity index (χ1n) is 10.2. The molecule has 0 saturated carbocycles. The van der Waals surface area contributed by atoms with E-state index in [9.17, 15) is 9.59 Å². The highest BCUT2D eigenvalue weighted by Crippen LogP contribution is 2.19. The van der Waals surface area contributed by atoms with Crippen LogP contribution in [0.15, 0.2) is 78.9 Å². The van der Waals surface area contributed by atoms with E-state index in [0.29, 0.717) is 23.5 Å². The van der Waals surface area contributed by atoms with Crippen molar-refractivity contribution in [3.63, 3.8) is 0 Å². The van der Waals surface area contributed by atoms with Crippen LogP contribution in [0.1, 0.15) is 17.5 Å². The summed E-state index contributed by atoms with van der Waals surface area (Å²) in [7, 11) is 0. The summed E-state index contributed by atoms with van der Waals surface area (Å²) in [5.41, 5.74) is 3.10. The van der Waals surface area contributed by atoms with Gasteiger partial charge in [0.25, 0.3) is 0 Å². The maximum Gasteiger partial charge on any atom is 0.319 e. The van der Waals surface area contributed by atoms with Crippen LogP contribution in [0.4, 0.5) is 16.2 Å². The van der Waals surface area contributed by atoms with Crippen LogP contribution in [0, 0.1) is 11.3 Å². The highest BCUT2D eigenvalue weighted by Gasteiger charge is 2.09. The minimum absolute atomic E-state index is 0.137. The zero-order valence-corrected chi connectivity index (χ0v) is 17.5. The second-order valence-electron chi connectivity index (χ2n) is 6.97. The van der Waals surface area contributed by atoms with Crippen LogP contribution in [0.5, 0.6) is 5.75 Å². The average Bonchev–Trinajstić information content (AvgIpc) is 2.80. The Balaban J connectivity index is 1.46. The van der Waals surface area contributed by atoms with Gasteiger partial charge in [-0.1, -0.05) is 48.5 Å². The van der Waals surface area contributed by atoms with Crippen LogP contribution in [-0.2, 0) is 17.8 Å². The number of carbonyl (C=O) groups excluding carboxylic acids is 2. The van der Waals surface area contributed by atoms with Gasteiger partial charge >= 0.3 is 6.03 Å². The number of hydrogen-bond donors (Lipinski definition) is 3. The number of rotatable bonds is 9. The topological polar surface area (TPSA) is 103 Å². The zero-order chi connectivity index (χ0) is 22.6. The third kappa shape index (κ3) is 7.18. The fraction of sp³-hybridized carbons (Fsp3) is 0.160. The first-order valence-corrected chi connectivity index (χ1v) is 10.2. The summed E-state index contributed by atoms with van der Waals surface area (Å²) >= 11 is 0. The molecule has 32 heavy (non-hydrogen) atoms. The van der Waals surface area contributed by atoms with Crippen molar-refractivity contribution >= 4 is 23.3 Å². The largest absolute Gasteiger partial charge is 0.489 e. The lowest BCUT2D eigenvalue weighted by molar-refractivity contribution is -0.116. The molecule has 0 bridgehead atoms. The summed E-state index contributed by atoms with van der Waals surface area (Å²) in [5, 5.41) is 17.0. The Morgan fingerprint density at radius 1 is 0.875 bits per heavy atom. The third-order valence-corrected chi connectivity index (χ3v) is 4.56. The van der Waals surface area contributed by atoms with Crippen molar-refractivity contribution in [3.05, 3.63) is 90.0 Å². The molecule has 0 spiro atoms. The number of amides is 3. The van der Waals surface area contributed by atoms with Crippen LogP contribution < -0.4 is 20.7 Å². The van der Waals surface area contributed by atoms with E-state index in [1.807, 2.05) is 66.7 Å². The van der Waals surface area contributed by atoms with E-state index >= 15 is 0 Å². The quantitative estimate of drug-likeness (QED) is 0.467. The highest BCUT2D eigenvalue weighted by molar-refractivity contribution is 5.93. The number of hydrogen-bond acceptors (Lipinski definition) is 4. The monoisotopic (exact) mass is 428 g/mol. The molecule has 0 aliphatic rings. The number of carbonyl (C=O) groups is 2. The molecule has 3 aromatic carbocycles. The van der Waals surface area contributed by atoms with Crippen molar-refractivity contribution in [2.24, 2.45) is 0 Å². The molecule has 0 aliphatic heterocycles. The maximum atomic E-state index is 12.3. The Morgan fingerprint density at radius 3 is 2.34 bits per heavy atom. The molecule has 162 valence electrons. The maximum absolute atomic E-state index is 12.3. The Morgan fingerprint density at radius 2 is 1.59 bits per heavy atom. The van der Waals surface area contributed by atoms with Crippen LogP contribution in [0.25, 0.3) is 0 Å². The van der Waals surface area contributed by atoms with E-state index < -0.39 is 0 Å². The summed E-state index contributed by atoms with van der Waals surface area (Å²) in [6.45, 7) is 0.490. The molecule has 7 nitrogen and oxygen atoms in total. The molecule has 3 rings (SSSR count). The summed E-state index contributed by atoms with van der Waals surface area (Å²) in [4.78, 5) is 24.2. The number of nitrogens with one attached hydrogen (secondary N) is 3. The average molecular weight is 428 g/mol. The van der Waals surface area contributed by atoms with E-state index in [0.717, 1.165) is 11.1 Å². The standard InChI is InChI=1S/C25H24N4O3/c26-16-14-19-10-12-22(13-11-19)32-18-20-6-4-5-9-23(20)29-24(30)15-17-27-25(31)28-21-7-2-1-3-8-21/h1-13H,14-15,17-18H2,(H,29,30)(H2,27,28,31). The van der Waals surface area contributed by atoms with Gasteiger partial charge in [0.05, 0.1) is 12.5 Å². The van der Waals surface area contributed by atoms with Gasteiger partial charge in [0, 0.05) is 29.9 Å². The van der Waals surface area contributed by atoms with Crippen LogP contribution in [0.2, 0.25) is 0 Å². The second kappa shape index (κ2) is 11.8. The van der Waals surface area contributed by atoms with Crippen LogP contribution in [-0.4, -0.2) is 18.5 Å². The Labute approximate surface area is 187 Å². The fourth-order valence-electron chi connectivity index (χ4n) is 2.92. The van der Waals surface area contributed by atoms with Crippen molar-refractivity contribution in [1.82, 2.24) is 5.32 Å². The first-order chi connectivity index (χ1) is 15.6. The molecule has 3 amide bonds. The van der Waals surface area contributed by atoms with Gasteiger partial charge in [-0.25, -0.2) is 4.79 Å². The molecule has 0 radical (unpaired) electrons. The van der Waals surface area contributed by atoms with E-state index in [4.69, 9.17) is 10.00 Å². The van der Waals surface area contributed by atoms with E-state index in [2.05, 4.69) is 22.0 Å². The molecular weight excluding hydrogens is 404 g/mol. The van der Waals surface area contributed by atoms with E-state index in [1.54, 1.807) is 12.1 Å². The summed E-state index contributed by atoms with van der Waals surface area (Å²) < 4.78 is 5.82. The highest BCUT2D eigenvalue weighted by atomic mass is 16.5. The molecular formula is C25H24N4O3. The Bertz CT molecular complexity index is 1080. The summed E-state index contributed by atoms with van der Waals surface area (Å²) in [5.74, 6) is 0.472. The van der Waals surface area contributed by atoms with Gasteiger partial charge in [0.2, 0.25) is 5.91 Å². The number of anilines is 2. The normalized spacial score (nSPS) is 9.97. The van der Waals surface area contributed by atoms with Crippen molar-refractivity contribution in [3.8, 4) is 11.8 Å². The molecule has 0 saturated heterocycles. The van der Waals surface area contributed by atoms with Crippen molar-refractivity contribution in [2.45, 2.75) is 19.4 Å². The third-order valence-electron chi connectivity index (χ3n) is 4.56. The second-order valence-corrected chi connectivity index (χ2v) is 6.97. The molecule has 3 N–H and O–H groups in total. The molecule has 3 aromatic rings. The summed E-state index contributed by atoms with van der Waals surface area (Å²) in [6, 6.07) is 25.6. The van der Waals surface area contributed by atoms with Crippen LogP contribution >= 0.6 is 0 Å². The number of nitrogens with zero attached hydrogens (tertiary/aromatic N) is 1. The predicted octanol–water partition coefficient (Wildman–Crippen LogP) is 4.48. The summed E-state index contributed by atoms with van der Waals surface area (Å²) in [6.07, 6.45) is 0.496. The van der Waals surface area contributed by atoms with Gasteiger partial charge in [-0.2, -0.15) is 5.26 Å². The smallest absolute Gasteiger partial charge is 0.319 e. The molecule has 0 aromatic heterocycles. The molecule has 0 unspecified atom stereocenters. The molecule has 0 aliphatic carbocycles. The number of urea groups is 1. The van der Waals surface area contributed by atoms with Gasteiger partial charge in [0.15, 0.2) is 0 Å². The Kier molecular flexibility index (Phi) is 8.23. The lowest BCUT2D eigenvalue weighted by atomic mass is 10.1. The van der Waals surface area contributed by atoms with Gasteiger partial charge < -0.3 is 20.7 Å². The predicted molar refractivity (Wildman–Crippen MR) is 123 cm³/mol. The fourth-order valence-corrected chi connectivity index (χ4v) is 2.92. The molecule has 0 fully saturated rings. The van der Waals surface area contributed by atoms with Crippen LogP contribution in [0.3, 0.4) is 0 Å². The van der Waals surface area contributed by atoms with Crippen molar-refractivity contribution in [1.29, 1.82) is 5.26 Å². The number of ether oxygens (including phenoxy) is 1. The van der Waals surface area contributed by atoms with Crippen molar-refractivity contribution in [2.75, 3.05) is 17.2 Å².